The molecule has 1 aliphatic rings. The van der Waals surface area contributed by atoms with Gasteiger partial charge in [0.1, 0.15) is 0 Å². The standard InChI is InChI=1S/C12H16N4/c1-7-4-8(7)6-14-12-15-10-3-2-9(13)5-11(10)16-12/h2-3,5,7-8H,4,6,13H2,1H3,(H2,14,15,16). The van der Waals surface area contributed by atoms with Gasteiger partial charge in [0.15, 0.2) is 0 Å². The van der Waals surface area contributed by atoms with Gasteiger partial charge in [-0.05, 0) is 36.5 Å². The summed E-state index contributed by atoms with van der Waals surface area (Å²) >= 11 is 0. The molecule has 0 radical (unpaired) electrons. The normalized spacial score (nSPS) is 23.6. The van der Waals surface area contributed by atoms with Gasteiger partial charge in [0, 0.05) is 12.2 Å². The van der Waals surface area contributed by atoms with E-state index in [0.717, 1.165) is 41.0 Å². The van der Waals surface area contributed by atoms with Crippen molar-refractivity contribution < 1.29 is 0 Å². The van der Waals surface area contributed by atoms with Gasteiger partial charge in [0.05, 0.1) is 11.0 Å². The molecule has 1 aliphatic carbocycles. The Morgan fingerprint density at radius 3 is 3.12 bits per heavy atom. The molecule has 2 atom stereocenters. The van der Waals surface area contributed by atoms with Crippen LogP contribution in [-0.4, -0.2) is 16.5 Å². The quantitative estimate of drug-likeness (QED) is 0.689. The summed E-state index contributed by atoms with van der Waals surface area (Å²) in [6.45, 7) is 3.29. The average Bonchev–Trinajstić information content (AvgIpc) is 2.81. The fourth-order valence-electron chi connectivity index (χ4n) is 2.02. The van der Waals surface area contributed by atoms with Crippen LogP contribution in [0.2, 0.25) is 0 Å². The van der Waals surface area contributed by atoms with E-state index in [0.29, 0.717) is 0 Å². The van der Waals surface area contributed by atoms with Crippen LogP contribution in [0.3, 0.4) is 0 Å². The Labute approximate surface area is 94.3 Å². The highest BCUT2D eigenvalue weighted by Crippen LogP contribution is 2.37. The van der Waals surface area contributed by atoms with Gasteiger partial charge in [-0.25, -0.2) is 4.98 Å². The molecule has 2 unspecified atom stereocenters. The molecule has 0 bridgehead atoms. The number of H-pyrrole nitrogens is 1. The maximum atomic E-state index is 5.72. The number of imidazole rings is 1. The molecule has 3 rings (SSSR count). The first kappa shape index (κ1) is 9.51. The fraction of sp³-hybridized carbons (Fsp3) is 0.417. The number of hydrogen-bond acceptors (Lipinski definition) is 3. The summed E-state index contributed by atoms with van der Waals surface area (Å²) in [7, 11) is 0. The highest BCUT2D eigenvalue weighted by molar-refractivity contribution is 5.80. The lowest BCUT2D eigenvalue weighted by molar-refractivity contribution is 0.783. The molecule has 4 nitrogen and oxygen atoms in total. The van der Waals surface area contributed by atoms with Crippen molar-refractivity contribution in [1.29, 1.82) is 0 Å². The molecule has 84 valence electrons. The molecule has 1 fully saturated rings. The zero-order valence-corrected chi connectivity index (χ0v) is 9.33. The summed E-state index contributed by atoms with van der Waals surface area (Å²) < 4.78 is 0. The largest absolute Gasteiger partial charge is 0.399 e. The smallest absolute Gasteiger partial charge is 0.201 e. The highest BCUT2D eigenvalue weighted by Gasteiger charge is 2.32. The van der Waals surface area contributed by atoms with Crippen molar-refractivity contribution in [2.24, 2.45) is 11.8 Å². The van der Waals surface area contributed by atoms with Crippen LogP contribution in [0, 0.1) is 11.8 Å². The Bertz CT molecular complexity index is 517. The van der Waals surface area contributed by atoms with E-state index >= 15 is 0 Å². The van der Waals surface area contributed by atoms with Crippen LogP contribution >= 0.6 is 0 Å². The van der Waals surface area contributed by atoms with Crippen molar-refractivity contribution in [3.63, 3.8) is 0 Å². The SMILES string of the molecule is CC1CC1CNc1nc2ccc(N)cc2[nH]1. The van der Waals surface area contributed by atoms with Crippen LogP contribution in [0.25, 0.3) is 11.0 Å². The van der Waals surface area contributed by atoms with Gasteiger partial charge in [-0.15, -0.1) is 0 Å². The van der Waals surface area contributed by atoms with Crippen LogP contribution in [0.1, 0.15) is 13.3 Å². The molecule has 0 spiro atoms. The Balaban J connectivity index is 1.77. The number of aromatic amines is 1. The van der Waals surface area contributed by atoms with Gasteiger partial charge >= 0.3 is 0 Å². The molecule has 0 amide bonds. The van der Waals surface area contributed by atoms with Crippen molar-refractivity contribution in [2.75, 3.05) is 17.6 Å². The van der Waals surface area contributed by atoms with Crippen molar-refractivity contribution in [2.45, 2.75) is 13.3 Å². The predicted octanol–water partition coefficient (Wildman–Crippen LogP) is 2.21. The van der Waals surface area contributed by atoms with E-state index in [4.69, 9.17) is 5.73 Å². The molecule has 2 aromatic rings. The summed E-state index contributed by atoms with van der Waals surface area (Å²) in [5.41, 5.74) is 8.43. The Morgan fingerprint density at radius 1 is 1.56 bits per heavy atom. The van der Waals surface area contributed by atoms with Gasteiger partial charge in [0.2, 0.25) is 5.95 Å². The minimum absolute atomic E-state index is 0.763. The van der Waals surface area contributed by atoms with Crippen molar-refractivity contribution in [3.8, 4) is 0 Å². The minimum Gasteiger partial charge on any atom is -0.399 e. The Kier molecular flexibility index (Phi) is 2.02. The van der Waals surface area contributed by atoms with E-state index in [1.165, 1.54) is 6.42 Å². The lowest BCUT2D eigenvalue weighted by Crippen LogP contribution is -2.05. The maximum Gasteiger partial charge on any atom is 0.201 e. The number of nitrogens with one attached hydrogen (secondary N) is 2. The topological polar surface area (TPSA) is 66.7 Å². The number of nitrogen functional groups attached to an aromatic ring is 1. The minimum atomic E-state index is 0.763. The molecule has 1 saturated carbocycles. The van der Waals surface area contributed by atoms with E-state index in [9.17, 15) is 0 Å². The van der Waals surface area contributed by atoms with Crippen LogP contribution in [-0.2, 0) is 0 Å². The molecule has 0 saturated heterocycles. The van der Waals surface area contributed by atoms with Gasteiger partial charge in [-0.2, -0.15) is 0 Å². The number of aromatic nitrogens is 2. The third-order valence-electron chi connectivity index (χ3n) is 3.31. The van der Waals surface area contributed by atoms with Crippen LogP contribution in [0.5, 0.6) is 0 Å². The number of rotatable bonds is 3. The maximum absolute atomic E-state index is 5.72. The zero-order chi connectivity index (χ0) is 11.1. The molecule has 1 aromatic heterocycles. The first-order chi connectivity index (χ1) is 7.72. The van der Waals surface area contributed by atoms with Gasteiger partial charge in [0.25, 0.3) is 0 Å². The molecule has 4 heteroatoms. The number of nitrogens with two attached hydrogens (primary N) is 1. The number of fused-ring (bicyclic) bond motifs is 1. The van der Waals surface area contributed by atoms with Gasteiger partial charge < -0.3 is 16.0 Å². The second kappa shape index (κ2) is 3.40. The first-order valence-corrected chi connectivity index (χ1v) is 5.71. The third kappa shape index (κ3) is 1.71. The van der Waals surface area contributed by atoms with Crippen molar-refractivity contribution >= 4 is 22.7 Å². The number of benzene rings is 1. The second-order valence-electron chi connectivity index (χ2n) is 4.72. The van der Waals surface area contributed by atoms with Crippen LogP contribution in [0.4, 0.5) is 11.6 Å². The first-order valence-electron chi connectivity index (χ1n) is 5.71. The number of nitrogens with zero attached hydrogens (tertiary/aromatic N) is 1. The molecule has 0 aliphatic heterocycles. The summed E-state index contributed by atoms with van der Waals surface area (Å²) in [6.07, 6.45) is 1.33. The lowest BCUT2D eigenvalue weighted by atomic mass is 10.3. The van der Waals surface area contributed by atoms with Crippen LogP contribution in [0.15, 0.2) is 18.2 Å². The Hall–Kier alpha value is -1.71. The highest BCUT2D eigenvalue weighted by atomic mass is 15.1. The van der Waals surface area contributed by atoms with E-state index in [-0.39, 0.29) is 0 Å². The monoisotopic (exact) mass is 216 g/mol. The fourth-order valence-corrected chi connectivity index (χ4v) is 2.02. The summed E-state index contributed by atoms with van der Waals surface area (Å²) in [6, 6.07) is 5.72. The third-order valence-corrected chi connectivity index (χ3v) is 3.31. The molecule has 1 aromatic carbocycles. The molecule has 4 N–H and O–H groups in total. The molecular formula is C12H16N4. The molecule has 16 heavy (non-hydrogen) atoms. The second-order valence-corrected chi connectivity index (χ2v) is 4.72. The number of anilines is 2. The van der Waals surface area contributed by atoms with E-state index in [1.807, 2.05) is 18.2 Å². The lowest BCUT2D eigenvalue weighted by Gasteiger charge is -1.99. The zero-order valence-electron chi connectivity index (χ0n) is 9.33. The van der Waals surface area contributed by atoms with E-state index < -0.39 is 0 Å². The Morgan fingerprint density at radius 2 is 2.38 bits per heavy atom. The van der Waals surface area contributed by atoms with E-state index in [2.05, 4.69) is 22.2 Å². The summed E-state index contributed by atoms with van der Waals surface area (Å²) in [5, 5.41) is 3.34. The summed E-state index contributed by atoms with van der Waals surface area (Å²) in [4.78, 5) is 7.69. The average molecular weight is 216 g/mol. The van der Waals surface area contributed by atoms with Crippen molar-refractivity contribution in [1.82, 2.24) is 9.97 Å². The van der Waals surface area contributed by atoms with Gasteiger partial charge in [-0.3, -0.25) is 0 Å². The van der Waals surface area contributed by atoms with Crippen molar-refractivity contribution in [3.05, 3.63) is 18.2 Å². The number of hydrogen-bond donors (Lipinski definition) is 3. The molecular weight excluding hydrogens is 200 g/mol. The summed E-state index contributed by atoms with van der Waals surface area (Å²) in [5.74, 6) is 2.53. The predicted molar refractivity (Wildman–Crippen MR) is 66.3 cm³/mol. The van der Waals surface area contributed by atoms with E-state index in [1.54, 1.807) is 0 Å². The van der Waals surface area contributed by atoms with Crippen LogP contribution < -0.4 is 11.1 Å². The molecule has 1 heterocycles. The van der Waals surface area contributed by atoms with Gasteiger partial charge in [-0.1, -0.05) is 6.92 Å².